The number of rotatable bonds is 5. The van der Waals surface area contributed by atoms with Crippen LogP contribution in [0.4, 0.5) is 5.00 Å². The first-order valence-corrected chi connectivity index (χ1v) is 11.8. The number of carbonyl (C=O) groups is 2. The van der Waals surface area contributed by atoms with Gasteiger partial charge in [-0.15, -0.1) is 11.3 Å². The first kappa shape index (κ1) is 20.2. The molecule has 1 aliphatic carbocycles. The van der Waals surface area contributed by atoms with Crippen molar-refractivity contribution in [2.45, 2.75) is 25.8 Å². The second-order valence-electron chi connectivity index (χ2n) is 7.55. The van der Waals surface area contributed by atoms with Crippen LogP contribution in [0.2, 0.25) is 0 Å². The Morgan fingerprint density at radius 1 is 1.23 bits per heavy atom. The Hall–Kier alpha value is -2.71. The summed E-state index contributed by atoms with van der Waals surface area (Å²) in [6, 6.07) is 11.6. The molecule has 158 valence electrons. The molecule has 0 unspecified atom stereocenters. The summed E-state index contributed by atoms with van der Waals surface area (Å²) in [7, 11) is 0. The van der Waals surface area contributed by atoms with Crippen LogP contribution in [-0.2, 0) is 29.0 Å². The number of fused-ring (bicyclic) bond motifs is 3. The zero-order chi connectivity index (χ0) is 21.4. The Bertz CT molecular complexity index is 1170. The number of benzene rings is 1. The molecule has 6 nitrogen and oxygen atoms in total. The average Bonchev–Trinajstić information content (AvgIpc) is 3.49. The number of thiophene rings is 1. The highest BCUT2D eigenvalue weighted by Crippen LogP contribution is 2.43. The van der Waals surface area contributed by atoms with E-state index in [-0.39, 0.29) is 24.9 Å². The van der Waals surface area contributed by atoms with Crippen molar-refractivity contribution in [3.8, 4) is 0 Å². The van der Waals surface area contributed by atoms with E-state index >= 15 is 0 Å². The number of aliphatic imine (C=N–C) groups is 1. The molecule has 0 radical (unpaired) electrons. The molecule has 31 heavy (non-hydrogen) atoms. The predicted octanol–water partition coefficient (Wildman–Crippen LogP) is 4.09. The van der Waals surface area contributed by atoms with Crippen LogP contribution in [0.3, 0.4) is 0 Å². The molecule has 3 aromatic rings. The zero-order valence-electron chi connectivity index (χ0n) is 16.7. The fourth-order valence-corrected chi connectivity index (χ4v) is 5.72. The number of nitrogens with one attached hydrogen (secondary N) is 1. The number of nitrogens with zero attached hydrogens (tertiary/aromatic N) is 2. The van der Waals surface area contributed by atoms with Gasteiger partial charge in [-0.25, -0.2) is 0 Å². The lowest BCUT2D eigenvalue weighted by molar-refractivity contribution is -0.123. The summed E-state index contributed by atoms with van der Waals surface area (Å²) in [5, 5.41) is 3.67. The third kappa shape index (κ3) is 3.97. The first-order valence-electron chi connectivity index (χ1n) is 10.1. The van der Waals surface area contributed by atoms with Crippen molar-refractivity contribution in [1.82, 2.24) is 5.32 Å². The number of hydrogen-bond acceptors (Lipinski definition) is 5. The summed E-state index contributed by atoms with van der Waals surface area (Å²) >= 11 is 5.11. The van der Waals surface area contributed by atoms with Gasteiger partial charge in [0.1, 0.15) is 23.9 Å². The molecular weight excluding hydrogens is 478 g/mol. The van der Waals surface area contributed by atoms with Gasteiger partial charge in [0.15, 0.2) is 0 Å². The van der Waals surface area contributed by atoms with Crippen molar-refractivity contribution in [2.75, 3.05) is 18.0 Å². The Kier molecular flexibility index (Phi) is 5.50. The van der Waals surface area contributed by atoms with Crippen LogP contribution < -0.4 is 10.2 Å². The van der Waals surface area contributed by atoms with Gasteiger partial charge in [-0.1, -0.05) is 28.1 Å². The summed E-state index contributed by atoms with van der Waals surface area (Å²) < 4.78 is 6.26. The van der Waals surface area contributed by atoms with Gasteiger partial charge in [-0.3, -0.25) is 19.5 Å². The first-order chi connectivity index (χ1) is 15.1. The molecule has 0 saturated heterocycles. The molecule has 0 saturated carbocycles. The molecule has 3 heterocycles. The third-order valence-corrected chi connectivity index (χ3v) is 7.36. The molecule has 1 aromatic carbocycles. The van der Waals surface area contributed by atoms with Gasteiger partial charge in [0.2, 0.25) is 11.8 Å². The van der Waals surface area contributed by atoms with Gasteiger partial charge in [-0.2, -0.15) is 0 Å². The molecule has 5 rings (SSSR count). The molecule has 0 spiro atoms. The highest BCUT2D eigenvalue weighted by Gasteiger charge is 2.33. The van der Waals surface area contributed by atoms with Crippen molar-refractivity contribution in [2.24, 2.45) is 4.99 Å². The van der Waals surface area contributed by atoms with Crippen molar-refractivity contribution >= 4 is 49.8 Å². The number of anilines is 1. The fraction of sp³-hybridized carbons (Fsp3) is 0.261. The second-order valence-corrected chi connectivity index (χ2v) is 9.54. The number of aryl methyl sites for hydroxylation is 1. The fourth-order valence-electron chi connectivity index (χ4n) is 4.05. The second kappa shape index (κ2) is 8.43. The molecule has 0 fully saturated rings. The van der Waals surface area contributed by atoms with E-state index < -0.39 is 0 Å². The maximum atomic E-state index is 13.0. The minimum absolute atomic E-state index is 0.0209. The monoisotopic (exact) mass is 497 g/mol. The molecule has 8 heteroatoms. The summed E-state index contributed by atoms with van der Waals surface area (Å²) in [5.74, 6) is 0.282. The van der Waals surface area contributed by atoms with Crippen LogP contribution in [0.25, 0.3) is 0 Å². The van der Waals surface area contributed by atoms with Gasteiger partial charge in [0.05, 0.1) is 18.5 Å². The van der Waals surface area contributed by atoms with Crippen molar-refractivity contribution < 1.29 is 14.0 Å². The van der Waals surface area contributed by atoms with E-state index in [1.807, 2.05) is 24.3 Å². The summed E-state index contributed by atoms with van der Waals surface area (Å²) in [6.45, 7) is 0.282. The van der Waals surface area contributed by atoms with E-state index in [9.17, 15) is 9.59 Å². The predicted molar refractivity (Wildman–Crippen MR) is 124 cm³/mol. The van der Waals surface area contributed by atoms with Crippen molar-refractivity contribution in [1.29, 1.82) is 0 Å². The van der Waals surface area contributed by atoms with Crippen LogP contribution in [-0.4, -0.2) is 30.6 Å². The van der Waals surface area contributed by atoms with Gasteiger partial charge >= 0.3 is 0 Å². The van der Waals surface area contributed by atoms with E-state index in [1.54, 1.807) is 34.6 Å². The maximum absolute atomic E-state index is 13.0. The van der Waals surface area contributed by atoms with Gasteiger partial charge in [0.25, 0.3) is 0 Å². The summed E-state index contributed by atoms with van der Waals surface area (Å²) in [4.78, 5) is 33.3. The molecule has 0 atom stereocenters. The van der Waals surface area contributed by atoms with Crippen LogP contribution >= 0.6 is 27.3 Å². The summed E-state index contributed by atoms with van der Waals surface area (Å²) in [6.07, 6.45) is 4.66. The number of halogens is 1. The molecule has 1 N–H and O–H groups in total. The van der Waals surface area contributed by atoms with Gasteiger partial charge in [0, 0.05) is 20.5 Å². The minimum Gasteiger partial charge on any atom is -0.467 e. The van der Waals surface area contributed by atoms with Crippen molar-refractivity contribution in [3.05, 3.63) is 74.5 Å². The number of hydrogen-bond donors (Lipinski definition) is 1. The highest BCUT2D eigenvalue weighted by molar-refractivity contribution is 9.10. The largest absolute Gasteiger partial charge is 0.467 e. The van der Waals surface area contributed by atoms with Gasteiger partial charge in [-0.05, 0) is 49.1 Å². The normalized spacial score (nSPS) is 15.3. The third-order valence-electron chi connectivity index (χ3n) is 5.52. The molecule has 1 aliphatic heterocycles. The van der Waals surface area contributed by atoms with Crippen LogP contribution in [0.1, 0.15) is 33.7 Å². The topological polar surface area (TPSA) is 74.9 Å². The van der Waals surface area contributed by atoms with E-state index in [1.165, 1.54) is 10.4 Å². The van der Waals surface area contributed by atoms with Gasteiger partial charge < -0.3 is 9.73 Å². The Morgan fingerprint density at radius 2 is 2.06 bits per heavy atom. The average molecular weight is 498 g/mol. The van der Waals surface area contributed by atoms with Crippen LogP contribution in [0.15, 0.2) is 56.5 Å². The lowest BCUT2D eigenvalue weighted by Crippen LogP contribution is -2.41. The van der Waals surface area contributed by atoms with E-state index in [4.69, 9.17) is 9.41 Å². The summed E-state index contributed by atoms with van der Waals surface area (Å²) in [5.41, 5.74) is 4.12. The Labute approximate surface area is 192 Å². The molecule has 2 aromatic heterocycles. The zero-order valence-corrected chi connectivity index (χ0v) is 19.1. The molecule has 2 amide bonds. The highest BCUT2D eigenvalue weighted by atomic mass is 79.9. The number of carbonyl (C=O) groups excluding carboxylic acids is 2. The maximum Gasteiger partial charge on any atom is 0.249 e. The Balaban J connectivity index is 1.47. The van der Waals surface area contributed by atoms with Crippen LogP contribution in [0.5, 0.6) is 0 Å². The van der Waals surface area contributed by atoms with E-state index in [0.29, 0.717) is 12.3 Å². The smallest absolute Gasteiger partial charge is 0.249 e. The Morgan fingerprint density at radius 3 is 2.84 bits per heavy atom. The molecule has 0 bridgehead atoms. The quantitative estimate of drug-likeness (QED) is 0.576. The molecular formula is C23H20BrN3O3S. The number of amides is 2. The van der Waals surface area contributed by atoms with E-state index in [0.717, 1.165) is 45.6 Å². The SMILES string of the molecule is O=C(CN1C(=O)CN=C(c2ccc(Br)cc2)c2c1sc1c2CCC1)NCc1ccco1. The molecule has 2 aliphatic rings. The van der Waals surface area contributed by atoms with E-state index in [2.05, 4.69) is 21.2 Å². The minimum atomic E-state index is -0.226. The lowest BCUT2D eigenvalue weighted by Gasteiger charge is -2.20. The number of furan rings is 1. The lowest BCUT2D eigenvalue weighted by atomic mass is 9.99. The van der Waals surface area contributed by atoms with Crippen molar-refractivity contribution in [3.63, 3.8) is 0 Å². The van der Waals surface area contributed by atoms with Crippen LogP contribution in [0, 0.1) is 0 Å². The standard InChI is InChI=1S/C23H20BrN3O3S/c24-15-8-6-14(7-9-15)22-21-17-4-1-5-18(17)31-23(21)27(20(29)12-26-22)13-19(28)25-11-16-3-2-10-30-16/h2-3,6-10H,1,4-5,11-13H2,(H,25,28).